The first-order chi connectivity index (χ1) is 6.91. The van der Waals surface area contributed by atoms with Gasteiger partial charge in [-0.1, -0.05) is 20.8 Å². The number of hydrogen-bond acceptors (Lipinski definition) is 2. The Balaban J connectivity index is 4.42. The van der Waals surface area contributed by atoms with Crippen molar-refractivity contribution >= 4 is 15.8 Å². The number of hydrogen-bond donors (Lipinski definition) is 1. The van der Waals surface area contributed by atoms with Crippen LogP contribution in [0, 0.1) is 0 Å². The molecule has 2 unspecified atom stereocenters. The quantitative estimate of drug-likeness (QED) is 0.554. The highest BCUT2D eigenvalue weighted by Crippen LogP contribution is 2.43. The second kappa shape index (κ2) is 7.96. The molecule has 0 amide bonds. The van der Waals surface area contributed by atoms with Crippen LogP contribution in [0.5, 0.6) is 0 Å². The van der Waals surface area contributed by atoms with Crippen molar-refractivity contribution in [3.05, 3.63) is 0 Å². The van der Waals surface area contributed by atoms with Crippen LogP contribution in [0.15, 0.2) is 0 Å². The normalized spacial score (nSPS) is 18.2. The smallest absolute Gasteiger partial charge is 0.0918 e. The van der Waals surface area contributed by atoms with Crippen LogP contribution in [0.25, 0.3) is 0 Å². The van der Waals surface area contributed by atoms with Crippen LogP contribution < -0.4 is 5.48 Å². The highest BCUT2D eigenvalue weighted by molar-refractivity contribution is 7.58. The molecule has 92 valence electrons. The summed E-state index contributed by atoms with van der Waals surface area (Å²) in [5, 5.41) is 0. The monoisotopic (exact) mass is 251 g/mol. The lowest BCUT2D eigenvalue weighted by Gasteiger charge is -2.33. The molecule has 15 heavy (non-hydrogen) atoms. The first kappa shape index (κ1) is 15.8. The van der Waals surface area contributed by atoms with Gasteiger partial charge in [-0.05, 0) is 26.7 Å². The first-order valence-corrected chi connectivity index (χ1v) is 10.2. The summed E-state index contributed by atoms with van der Waals surface area (Å²) in [5.74, 6) is 0. The Morgan fingerprint density at radius 1 is 1.00 bits per heavy atom. The molecule has 1 N–H and O–H groups in total. The fourth-order valence-corrected chi connectivity index (χ4v) is 3.32. The Morgan fingerprint density at radius 2 is 1.40 bits per heavy atom. The molecule has 0 saturated heterocycles. The summed E-state index contributed by atoms with van der Waals surface area (Å²) in [6, 6.07) is 0. The van der Waals surface area contributed by atoms with Gasteiger partial charge in [-0.2, -0.15) is 0 Å². The maximum Gasteiger partial charge on any atom is 0.0918 e. The molecule has 0 fully saturated rings. The summed E-state index contributed by atoms with van der Waals surface area (Å²) < 4.78 is 0. The predicted molar refractivity (Wildman–Crippen MR) is 75.0 cm³/mol. The zero-order chi connectivity index (χ0) is 12.0. The van der Waals surface area contributed by atoms with E-state index in [-0.39, 0.29) is 15.8 Å². The molecule has 0 aromatic heterocycles. The molecule has 0 rings (SSSR count). The zero-order valence-electron chi connectivity index (χ0n) is 11.2. The Labute approximate surface area is 98.0 Å². The van der Waals surface area contributed by atoms with Crippen LogP contribution in [-0.4, -0.2) is 50.6 Å². The second-order valence-corrected chi connectivity index (χ2v) is 9.97. The molecule has 0 aromatic rings. The van der Waals surface area contributed by atoms with Crippen LogP contribution in [0.1, 0.15) is 20.8 Å². The Morgan fingerprint density at radius 3 is 1.67 bits per heavy atom. The molecule has 2 nitrogen and oxygen atoms in total. The van der Waals surface area contributed by atoms with Crippen LogP contribution >= 0.6 is 15.8 Å². The van der Waals surface area contributed by atoms with Crippen molar-refractivity contribution in [1.29, 1.82) is 0 Å². The zero-order valence-corrected chi connectivity index (χ0v) is 13.0. The summed E-state index contributed by atoms with van der Waals surface area (Å²) in [7, 11) is 0.141. The average molecular weight is 251 g/mol. The van der Waals surface area contributed by atoms with E-state index in [1.165, 1.54) is 0 Å². The van der Waals surface area contributed by atoms with Gasteiger partial charge in [0.1, 0.15) is 0 Å². The Kier molecular flexibility index (Phi) is 8.37. The van der Waals surface area contributed by atoms with Crippen LogP contribution in [0.3, 0.4) is 0 Å². The Hall–Kier alpha value is 0.780. The van der Waals surface area contributed by atoms with Gasteiger partial charge in [0, 0.05) is 17.9 Å². The molecular formula is C11H27NOP2. The molecule has 2 atom stereocenters. The molecular weight excluding hydrogens is 224 g/mol. The molecule has 0 saturated carbocycles. The highest BCUT2D eigenvalue weighted by Gasteiger charge is 2.28. The van der Waals surface area contributed by atoms with E-state index in [0.717, 1.165) is 6.54 Å². The van der Waals surface area contributed by atoms with E-state index in [9.17, 15) is 0 Å². The lowest BCUT2D eigenvalue weighted by atomic mass is 10.2. The maximum absolute atomic E-state index is 5.82. The largest absolute Gasteiger partial charge is 0.297 e. The third kappa shape index (κ3) is 5.59. The summed E-state index contributed by atoms with van der Waals surface area (Å²) in [6.07, 6.45) is 0.368. The second-order valence-electron chi connectivity index (χ2n) is 4.49. The molecule has 0 aliphatic rings. The van der Waals surface area contributed by atoms with Crippen molar-refractivity contribution in [2.75, 3.05) is 33.2 Å². The minimum absolute atomic E-state index is 0.0705. The van der Waals surface area contributed by atoms with Crippen molar-refractivity contribution in [2.24, 2.45) is 0 Å². The third-order valence-electron chi connectivity index (χ3n) is 2.94. The molecule has 0 aromatic carbocycles. The fraction of sp³-hybridized carbons (Fsp3) is 1.00. The van der Waals surface area contributed by atoms with Gasteiger partial charge in [0.15, 0.2) is 0 Å². The summed E-state index contributed by atoms with van der Waals surface area (Å²) in [4.78, 5) is 5.82. The highest BCUT2D eigenvalue weighted by atomic mass is 31.1. The van der Waals surface area contributed by atoms with Gasteiger partial charge < -0.3 is 0 Å². The number of hydroxylamine groups is 1. The van der Waals surface area contributed by atoms with Gasteiger partial charge in [-0.15, -0.1) is 15.8 Å². The van der Waals surface area contributed by atoms with E-state index >= 15 is 0 Å². The van der Waals surface area contributed by atoms with E-state index < -0.39 is 0 Å². The molecule has 0 heterocycles. The van der Waals surface area contributed by atoms with Crippen molar-refractivity contribution < 1.29 is 4.84 Å². The minimum atomic E-state index is 0.0705. The van der Waals surface area contributed by atoms with E-state index in [1.807, 2.05) is 0 Å². The van der Waals surface area contributed by atoms with E-state index in [2.05, 4.69) is 52.9 Å². The molecule has 4 heteroatoms. The predicted octanol–water partition coefficient (Wildman–Crippen LogP) is 3.16. The van der Waals surface area contributed by atoms with Crippen molar-refractivity contribution in [3.8, 4) is 0 Å². The molecule has 0 bridgehead atoms. The van der Waals surface area contributed by atoms with Crippen molar-refractivity contribution in [3.63, 3.8) is 0 Å². The summed E-state index contributed by atoms with van der Waals surface area (Å²) in [5.41, 5.74) is 4.37. The molecule has 0 spiro atoms. The van der Waals surface area contributed by atoms with Crippen LogP contribution in [0.4, 0.5) is 0 Å². The third-order valence-corrected chi connectivity index (χ3v) is 6.79. The first-order valence-electron chi connectivity index (χ1n) is 5.63. The van der Waals surface area contributed by atoms with Crippen molar-refractivity contribution in [2.45, 2.75) is 38.2 Å². The van der Waals surface area contributed by atoms with E-state index in [0.29, 0.717) is 17.4 Å². The Bertz CT molecular complexity index is 151. The average Bonchev–Trinajstić information content (AvgIpc) is 2.17. The standard InChI is InChI=1S/C11H27NOP2/c1-8-12-13-11(9(2)14(4)5)10(3)15(6)7/h9-12H,8H2,1-7H3. The van der Waals surface area contributed by atoms with Crippen LogP contribution in [0.2, 0.25) is 0 Å². The molecule has 0 aliphatic heterocycles. The summed E-state index contributed by atoms with van der Waals surface area (Å²) in [6.45, 7) is 16.9. The van der Waals surface area contributed by atoms with E-state index in [4.69, 9.17) is 4.84 Å². The number of nitrogens with one attached hydrogen (secondary N) is 1. The van der Waals surface area contributed by atoms with Gasteiger partial charge in [-0.3, -0.25) is 4.84 Å². The van der Waals surface area contributed by atoms with E-state index in [1.54, 1.807) is 0 Å². The van der Waals surface area contributed by atoms with Crippen LogP contribution in [-0.2, 0) is 4.84 Å². The fourth-order valence-electron chi connectivity index (χ4n) is 1.37. The SMILES string of the molecule is CCNOC(C(C)P(C)C)C(C)P(C)C. The molecule has 0 aliphatic carbocycles. The van der Waals surface area contributed by atoms with Gasteiger partial charge in [-0.25, -0.2) is 5.48 Å². The minimum Gasteiger partial charge on any atom is -0.297 e. The van der Waals surface area contributed by atoms with Crippen molar-refractivity contribution in [1.82, 2.24) is 5.48 Å². The lowest BCUT2D eigenvalue weighted by Crippen LogP contribution is -2.38. The van der Waals surface area contributed by atoms with Gasteiger partial charge >= 0.3 is 0 Å². The maximum atomic E-state index is 5.82. The number of rotatable bonds is 7. The van der Waals surface area contributed by atoms with Gasteiger partial charge in [0.2, 0.25) is 0 Å². The molecule has 0 radical (unpaired) electrons. The van der Waals surface area contributed by atoms with Gasteiger partial charge in [0.05, 0.1) is 6.10 Å². The topological polar surface area (TPSA) is 21.3 Å². The van der Waals surface area contributed by atoms with Gasteiger partial charge in [0.25, 0.3) is 0 Å². The summed E-state index contributed by atoms with van der Waals surface area (Å²) >= 11 is 0. The lowest BCUT2D eigenvalue weighted by molar-refractivity contribution is -0.0208.